The zero-order valence-corrected chi connectivity index (χ0v) is 9.39. The molecule has 0 radical (unpaired) electrons. The first-order valence-electron chi connectivity index (χ1n) is 3.81. The van der Waals surface area contributed by atoms with Gasteiger partial charge in [0.1, 0.15) is 10.4 Å². The molecule has 0 aliphatic heterocycles. The Balaban J connectivity index is 2.53. The summed E-state index contributed by atoms with van der Waals surface area (Å²) in [5.74, 6) is 0.790. The second-order valence-corrected chi connectivity index (χ2v) is 4.36. The fraction of sp³-hybridized carbons (Fsp3) is 0.111. The van der Waals surface area contributed by atoms with Gasteiger partial charge in [-0.25, -0.2) is 9.97 Å². The van der Waals surface area contributed by atoms with E-state index < -0.39 is 0 Å². The van der Waals surface area contributed by atoms with Crippen molar-refractivity contribution in [1.29, 1.82) is 0 Å². The van der Waals surface area contributed by atoms with Crippen molar-refractivity contribution in [2.24, 2.45) is 0 Å². The van der Waals surface area contributed by atoms with Crippen molar-refractivity contribution < 1.29 is 0 Å². The van der Waals surface area contributed by atoms with Crippen LogP contribution in [0.3, 0.4) is 0 Å². The Bertz CT molecular complexity index is 391. The van der Waals surface area contributed by atoms with Gasteiger partial charge in [0.2, 0.25) is 0 Å². The minimum absolute atomic E-state index is 0.790. The summed E-state index contributed by atoms with van der Waals surface area (Å²) in [6.45, 7) is 1.89. The molecule has 0 unspecified atom stereocenters. The fourth-order valence-electron chi connectivity index (χ4n) is 1.08. The van der Waals surface area contributed by atoms with Crippen molar-refractivity contribution in [2.75, 3.05) is 0 Å². The highest BCUT2D eigenvalue weighted by Gasteiger charge is 2.02. The Kier molecular flexibility index (Phi) is 2.42. The van der Waals surface area contributed by atoms with E-state index in [1.165, 1.54) is 4.88 Å². The molecule has 2 aromatic heterocycles. The smallest absolute Gasteiger partial charge is 0.127 e. The molecular formula is C9H7BrN2S. The van der Waals surface area contributed by atoms with E-state index in [1.54, 1.807) is 11.3 Å². The minimum atomic E-state index is 0.790. The van der Waals surface area contributed by atoms with Gasteiger partial charge in [0.25, 0.3) is 0 Å². The van der Waals surface area contributed by atoms with Crippen LogP contribution < -0.4 is 0 Å². The lowest BCUT2D eigenvalue weighted by Crippen LogP contribution is -1.89. The third-order valence-corrected chi connectivity index (χ3v) is 2.88. The topological polar surface area (TPSA) is 25.8 Å². The molecule has 0 saturated carbocycles. The van der Waals surface area contributed by atoms with E-state index in [0.29, 0.717) is 0 Å². The van der Waals surface area contributed by atoms with E-state index in [0.717, 1.165) is 16.1 Å². The van der Waals surface area contributed by atoms with Crippen LogP contribution in [0, 0.1) is 6.92 Å². The van der Waals surface area contributed by atoms with Gasteiger partial charge in [-0.05, 0) is 40.4 Å². The molecule has 0 atom stereocenters. The number of thiophene rings is 1. The molecular weight excluding hydrogens is 248 g/mol. The van der Waals surface area contributed by atoms with Gasteiger partial charge in [-0.3, -0.25) is 0 Å². The Hall–Kier alpha value is -0.740. The number of hydrogen-bond donors (Lipinski definition) is 0. The monoisotopic (exact) mass is 254 g/mol. The largest absolute Gasteiger partial charge is 0.232 e. The van der Waals surface area contributed by atoms with Crippen molar-refractivity contribution in [3.63, 3.8) is 0 Å². The number of halogens is 1. The first-order valence-corrected chi connectivity index (χ1v) is 5.48. The standard InChI is InChI=1S/C9H7BrN2S/c1-6-11-7(5-9(10)12-6)8-3-2-4-13-8/h2-5H,1H3. The molecule has 2 rings (SSSR count). The Morgan fingerprint density at radius 2 is 2.23 bits per heavy atom. The molecule has 0 aliphatic rings. The number of aromatic nitrogens is 2. The average molecular weight is 255 g/mol. The van der Waals surface area contributed by atoms with Crippen molar-refractivity contribution in [3.05, 3.63) is 34.0 Å². The summed E-state index contributed by atoms with van der Waals surface area (Å²) in [6, 6.07) is 6.00. The second kappa shape index (κ2) is 3.55. The molecule has 0 amide bonds. The Morgan fingerprint density at radius 3 is 2.85 bits per heavy atom. The Morgan fingerprint density at radius 1 is 1.38 bits per heavy atom. The third kappa shape index (κ3) is 1.95. The molecule has 4 heteroatoms. The number of nitrogens with zero attached hydrogens (tertiary/aromatic N) is 2. The maximum absolute atomic E-state index is 4.35. The summed E-state index contributed by atoms with van der Waals surface area (Å²) in [7, 11) is 0. The average Bonchev–Trinajstić information content (AvgIpc) is 2.53. The zero-order valence-electron chi connectivity index (χ0n) is 6.99. The molecule has 0 spiro atoms. The van der Waals surface area contributed by atoms with E-state index >= 15 is 0 Å². The highest BCUT2D eigenvalue weighted by Crippen LogP contribution is 2.24. The van der Waals surface area contributed by atoms with Crippen molar-refractivity contribution >= 4 is 27.3 Å². The first-order chi connectivity index (χ1) is 6.25. The molecule has 0 aliphatic carbocycles. The molecule has 66 valence electrons. The van der Waals surface area contributed by atoms with E-state index in [9.17, 15) is 0 Å². The lowest BCUT2D eigenvalue weighted by Gasteiger charge is -1.98. The van der Waals surface area contributed by atoms with Gasteiger partial charge in [0, 0.05) is 0 Å². The van der Waals surface area contributed by atoms with Crippen LogP contribution in [-0.4, -0.2) is 9.97 Å². The minimum Gasteiger partial charge on any atom is -0.232 e. The maximum Gasteiger partial charge on any atom is 0.127 e. The van der Waals surface area contributed by atoms with Crippen LogP contribution >= 0.6 is 27.3 Å². The fourth-order valence-corrected chi connectivity index (χ4v) is 2.24. The molecule has 2 nitrogen and oxygen atoms in total. The molecule has 0 saturated heterocycles. The molecule has 2 aromatic rings. The normalized spacial score (nSPS) is 10.3. The van der Waals surface area contributed by atoms with Crippen LogP contribution in [0.5, 0.6) is 0 Å². The lowest BCUT2D eigenvalue weighted by molar-refractivity contribution is 1.04. The van der Waals surface area contributed by atoms with Crippen LogP contribution in [0.15, 0.2) is 28.2 Å². The number of rotatable bonds is 1. The highest BCUT2D eigenvalue weighted by molar-refractivity contribution is 9.10. The van der Waals surface area contributed by atoms with Crippen molar-refractivity contribution in [2.45, 2.75) is 6.92 Å². The SMILES string of the molecule is Cc1nc(Br)cc(-c2cccs2)n1. The highest BCUT2D eigenvalue weighted by atomic mass is 79.9. The van der Waals surface area contributed by atoms with Gasteiger partial charge in [0.15, 0.2) is 0 Å². The van der Waals surface area contributed by atoms with Crippen molar-refractivity contribution in [1.82, 2.24) is 9.97 Å². The number of hydrogen-bond acceptors (Lipinski definition) is 3. The summed E-state index contributed by atoms with van der Waals surface area (Å²) in [6.07, 6.45) is 0. The number of aryl methyl sites for hydroxylation is 1. The molecule has 0 aromatic carbocycles. The van der Waals surface area contributed by atoms with Crippen LogP contribution in [-0.2, 0) is 0 Å². The summed E-state index contributed by atoms with van der Waals surface area (Å²) in [4.78, 5) is 9.67. The third-order valence-electron chi connectivity index (χ3n) is 1.58. The van der Waals surface area contributed by atoms with E-state index in [-0.39, 0.29) is 0 Å². The van der Waals surface area contributed by atoms with Gasteiger partial charge in [-0.1, -0.05) is 6.07 Å². The molecule has 13 heavy (non-hydrogen) atoms. The predicted molar refractivity (Wildman–Crippen MR) is 57.8 cm³/mol. The van der Waals surface area contributed by atoms with Crippen molar-refractivity contribution in [3.8, 4) is 10.6 Å². The van der Waals surface area contributed by atoms with Gasteiger partial charge >= 0.3 is 0 Å². The van der Waals surface area contributed by atoms with Crippen LogP contribution in [0.2, 0.25) is 0 Å². The Labute approximate surface area is 88.8 Å². The van der Waals surface area contributed by atoms with Gasteiger partial charge in [-0.2, -0.15) is 0 Å². The summed E-state index contributed by atoms with van der Waals surface area (Å²) >= 11 is 5.03. The van der Waals surface area contributed by atoms with E-state index in [1.807, 2.05) is 24.4 Å². The second-order valence-electron chi connectivity index (χ2n) is 2.60. The van der Waals surface area contributed by atoms with Gasteiger partial charge in [0.05, 0.1) is 10.6 Å². The zero-order chi connectivity index (χ0) is 9.26. The molecule has 2 heterocycles. The predicted octanol–water partition coefficient (Wildman–Crippen LogP) is 3.28. The van der Waals surface area contributed by atoms with E-state index in [4.69, 9.17) is 0 Å². The quantitative estimate of drug-likeness (QED) is 0.731. The molecule has 0 bridgehead atoms. The summed E-state index contributed by atoms with van der Waals surface area (Å²) in [5.41, 5.74) is 0.981. The molecule has 0 fully saturated rings. The van der Waals surface area contributed by atoms with Crippen LogP contribution in [0.4, 0.5) is 0 Å². The van der Waals surface area contributed by atoms with Gasteiger partial charge < -0.3 is 0 Å². The van der Waals surface area contributed by atoms with Gasteiger partial charge in [-0.15, -0.1) is 11.3 Å². The first kappa shape index (κ1) is 8.84. The summed E-state index contributed by atoms with van der Waals surface area (Å²) in [5, 5.41) is 2.04. The van der Waals surface area contributed by atoms with E-state index in [2.05, 4.69) is 32.0 Å². The lowest BCUT2D eigenvalue weighted by atomic mass is 10.3. The maximum atomic E-state index is 4.35. The van der Waals surface area contributed by atoms with Crippen LogP contribution in [0.1, 0.15) is 5.82 Å². The summed E-state index contributed by atoms with van der Waals surface area (Å²) < 4.78 is 0.836. The molecule has 0 N–H and O–H groups in total. The van der Waals surface area contributed by atoms with Crippen LogP contribution in [0.25, 0.3) is 10.6 Å².